The van der Waals surface area contributed by atoms with Crippen molar-refractivity contribution >= 4 is 11.9 Å². The molecule has 0 aliphatic heterocycles. The number of hydrogen-bond donors (Lipinski definition) is 2. The van der Waals surface area contributed by atoms with Gasteiger partial charge in [-0.05, 0) is 12.3 Å². The average Bonchev–Trinajstić information content (AvgIpc) is 3.03. The molecule has 3 N–H and O–H groups in total. The fourth-order valence-corrected chi connectivity index (χ4v) is 3.39. The van der Waals surface area contributed by atoms with Crippen LogP contribution in [-0.4, -0.2) is 33.7 Å². The van der Waals surface area contributed by atoms with Gasteiger partial charge >= 0.3 is 5.97 Å². The Kier molecular flexibility index (Phi) is 7.84. The summed E-state index contributed by atoms with van der Waals surface area (Å²) >= 11 is 0. The van der Waals surface area contributed by atoms with Crippen LogP contribution >= 0.6 is 0 Å². The van der Waals surface area contributed by atoms with Gasteiger partial charge in [-0.2, -0.15) is 4.98 Å². The zero-order valence-electron chi connectivity index (χ0n) is 14.5. The van der Waals surface area contributed by atoms with Crippen LogP contribution < -0.4 is 5.73 Å². The maximum Gasteiger partial charge on any atom is 0.304 e. The molecule has 25 heavy (non-hydrogen) atoms. The number of aliphatic carboxylic acids is 1. The van der Waals surface area contributed by atoms with Crippen LogP contribution in [0.15, 0.2) is 4.52 Å². The lowest BCUT2D eigenvalue weighted by Gasteiger charge is -2.21. The first-order valence-corrected chi connectivity index (χ1v) is 8.95. The summed E-state index contributed by atoms with van der Waals surface area (Å²) in [7, 11) is 0. The van der Waals surface area contributed by atoms with Crippen LogP contribution in [0.1, 0.15) is 75.4 Å². The maximum absolute atomic E-state index is 11.1. The lowest BCUT2D eigenvalue weighted by Crippen LogP contribution is -2.18. The number of hydrogen-bond acceptors (Lipinski definition) is 6. The molecule has 0 spiro atoms. The maximum atomic E-state index is 11.1. The third kappa shape index (κ3) is 7.21. The van der Waals surface area contributed by atoms with Crippen LogP contribution in [0.3, 0.4) is 0 Å². The van der Waals surface area contributed by atoms with E-state index in [0.29, 0.717) is 18.1 Å². The third-order valence-corrected chi connectivity index (χ3v) is 4.62. The van der Waals surface area contributed by atoms with Crippen molar-refractivity contribution in [2.24, 2.45) is 11.7 Å². The van der Waals surface area contributed by atoms with Crippen LogP contribution in [0.4, 0.5) is 0 Å². The molecular weight excluding hydrogens is 326 g/mol. The summed E-state index contributed by atoms with van der Waals surface area (Å²) in [5, 5.41) is 12.9. The predicted octanol–water partition coefficient (Wildman–Crippen LogP) is 2.38. The molecule has 140 valence electrons. The molecule has 0 radical (unpaired) electrons. The molecule has 8 heteroatoms. The molecule has 1 fully saturated rings. The summed E-state index contributed by atoms with van der Waals surface area (Å²) in [6.07, 6.45) is 9.28. The van der Waals surface area contributed by atoms with Crippen molar-refractivity contribution in [3.8, 4) is 0 Å². The summed E-state index contributed by atoms with van der Waals surface area (Å²) < 4.78 is 10.2. The van der Waals surface area contributed by atoms with Crippen molar-refractivity contribution in [2.45, 2.75) is 70.3 Å². The minimum Gasteiger partial charge on any atom is -0.481 e. The van der Waals surface area contributed by atoms with Gasteiger partial charge in [-0.1, -0.05) is 50.1 Å². The molecule has 1 amide bonds. The van der Waals surface area contributed by atoms with Crippen LogP contribution in [-0.2, 0) is 20.9 Å². The number of rotatable bonds is 11. The lowest BCUT2D eigenvalue weighted by molar-refractivity contribution is -0.137. The van der Waals surface area contributed by atoms with E-state index in [4.69, 9.17) is 20.1 Å². The Morgan fingerprint density at radius 2 is 2.08 bits per heavy atom. The molecule has 1 aliphatic rings. The molecular formula is C17H27N3O5. The molecule has 0 aromatic carbocycles. The molecule has 1 aromatic heterocycles. The number of carbonyl (C=O) groups excluding carboxylic acids is 1. The van der Waals surface area contributed by atoms with E-state index in [1.807, 2.05) is 0 Å². The van der Waals surface area contributed by atoms with E-state index in [0.717, 1.165) is 18.8 Å². The van der Waals surface area contributed by atoms with Crippen molar-refractivity contribution in [3.05, 3.63) is 11.7 Å². The van der Waals surface area contributed by atoms with Crippen molar-refractivity contribution in [1.29, 1.82) is 0 Å². The Labute approximate surface area is 147 Å². The number of amides is 1. The first-order chi connectivity index (χ1) is 12.0. The van der Waals surface area contributed by atoms with E-state index in [2.05, 4.69) is 10.1 Å². The molecule has 1 atom stereocenters. The molecule has 0 saturated heterocycles. The van der Waals surface area contributed by atoms with Crippen molar-refractivity contribution in [2.75, 3.05) is 6.61 Å². The smallest absolute Gasteiger partial charge is 0.304 e. The van der Waals surface area contributed by atoms with E-state index < -0.39 is 11.9 Å². The van der Waals surface area contributed by atoms with Gasteiger partial charge < -0.3 is 20.1 Å². The number of carbonyl (C=O) groups is 2. The second-order valence-electron chi connectivity index (χ2n) is 6.74. The Hall–Kier alpha value is -1.96. The highest BCUT2D eigenvalue weighted by Gasteiger charge is 2.23. The molecule has 1 aromatic rings. The number of aromatic nitrogens is 2. The van der Waals surface area contributed by atoms with Gasteiger partial charge in [0.2, 0.25) is 11.8 Å². The number of ether oxygens (including phenoxy) is 1. The van der Waals surface area contributed by atoms with Gasteiger partial charge in [0.25, 0.3) is 0 Å². The van der Waals surface area contributed by atoms with Crippen LogP contribution in [0.25, 0.3) is 0 Å². The highest BCUT2D eigenvalue weighted by Crippen LogP contribution is 2.31. The Balaban J connectivity index is 1.84. The second-order valence-corrected chi connectivity index (χ2v) is 6.74. The first-order valence-electron chi connectivity index (χ1n) is 8.95. The fraction of sp³-hybridized carbons (Fsp3) is 0.765. The zero-order valence-corrected chi connectivity index (χ0v) is 14.5. The highest BCUT2D eigenvalue weighted by molar-refractivity contribution is 5.74. The molecule has 0 unspecified atom stereocenters. The number of primary amides is 1. The molecule has 1 aliphatic carbocycles. The summed E-state index contributed by atoms with van der Waals surface area (Å²) in [6.45, 7) is -0.210. The highest BCUT2D eigenvalue weighted by atomic mass is 16.5. The molecule has 1 heterocycles. The zero-order chi connectivity index (χ0) is 18.1. The van der Waals surface area contributed by atoms with E-state index in [9.17, 15) is 9.59 Å². The SMILES string of the molecule is NC(=O)COCc1noc([C@H](CCCC2CCCCC2)CC(=O)O)n1. The largest absolute Gasteiger partial charge is 0.481 e. The normalized spacial score (nSPS) is 16.6. The monoisotopic (exact) mass is 353 g/mol. The van der Waals surface area contributed by atoms with Crippen LogP contribution in [0, 0.1) is 5.92 Å². The van der Waals surface area contributed by atoms with E-state index in [1.165, 1.54) is 32.1 Å². The van der Waals surface area contributed by atoms with Gasteiger partial charge in [-0.3, -0.25) is 9.59 Å². The van der Waals surface area contributed by atoms with Crippen molar-refractivity contribution in [3.63, 3.8) is 0 Å². The van der Waals surface area contributed by atoms with E-state index in [1.54, 1.807) is 0 Å². The van der Waals surface area contributed by atoms with E-state index in [-0.39, 0.29) is 25.6 Å². The van der Waals surface area contributed by atoms with E-state index >= 15 is 0 Å². The third-order valence-electron chi connectivity index (χ3n) is 4.62. The molecule has 0 bridgehead atoms. The molecule has 2 rings (SSSR count). The molecule has 1 saturated carbocycles. The number of carboxylic acid groups (broad SMARTS) is 1. The lowest BCUT2D eigenvalue weighted by atomic mass is 9.84. The first kappa shape index (κ1) is 19.4. The minimum absolute atomic E-state index is 0.00824. The van der Waals surface area contributed by atoms with Gasteiger partial charge in [-0.15, -0.1) is 0 Å². The number of carboxylic acids is 1. The summed E-state index contributed by atoms with van der Waals surface area (Å²) in [4.78, 5) is 26.0. The van der Waals surface area contributed by atoms with Crippen molar-refractivity contribution in [1.82, 2.24) is 10.1 Å². The minimum atomic E-state index is -0.882. The topological polar surface area (TPSA) is 129 Å². The van der Waals surface area contributed by atoms with Crippen molar-refractivity contribution < 1.29 is 24.0 Å². The Bertz CT molecular complexity index is 554. The summed E-state index contributed by atoms with van der Waals surface area (Å²) in [5.74, 6) is -0.372. The van der Waals surface area contributed by atoms with Crippen LogP contribution in [0.2, 0.25) is 0 Å². The molecule has 8 nitrogen and oxygen atoms in total. The summed E-state index contributed by atoms with van der Waals surface area (Å²) in [5.41, 5.74) is 4.99. The van der Waals surface area contributed by atoms with Gasteiger partial charge in [-0.25, -0.2) is 0 Å². The van der Waals surface area contributed by atoms with Gasteiger partial charge in [0.05, 0.1) is 6.42 Å². The number of nitrogens with two attached hydrogens (primary N) is 1. The predicted molar refractivity (Wildman–Crippen MR) is 88.6 cm³/mol. The Morgan fingerprint density at radius 1 is 1.32 bits per heavy atom. The Morgan fingerprint density at radius 3 is 2.76 bits per heavy atom. The van der Waals surface area contributed by atoms with Gasteiger partial charge in [0.1, 0.15) is 13.2 Å². The summed E-state index contributed by atoms with van der Waals surface area (Å²) in [6, 6.07) is 0. The van der Waals surface area contributed by atoms with Gasteiger partial charge in [0, 0.05) is 5.92 Å². The standard InChI is InChI=1S/C17H27N3O5/c18-14(21)10-24-11-15-19-17(25-20-15)13(9-16(22)23)8-4-7-12-5-2-1-3-6-12/h12-13H,1-11H2,(H2,18,21)(H,22,23)/t13-/m1/s1. The van der Waals surface area contributed by atoms with Gasteiger partial charge in [0.15, 0.2) is 5.82 Å². The number of nitrogens with zero attached hydrogens (tertiary/aromatic N) is 2. The quantitative estimate of drug-likeness (QED) is 0.625. The average molecular weight is 353 g/mol. The fourth-order valence-electron chi connectivity index (χ4n) is 3.39. The second kappa shape index (κ2) is 10.1. The van der Waals surface area contributed by atoms with Crippen LogP contribution in [0.5, 0.6) is 0 Å².